The maximum Gasteiger partial charge on any atom is 0.266 e. The number of hydrogen-bond acceptors (Lipinski definition) is 6. The van der Waals surface area contributed by atoms with E-state index in [-0.39, 0.29) is 5.56 Å². The molecule has 32 heavy (non-hydrogen) atoms. The van der Waals surface area contributed by atoms with Crippen LogP contribution >= 0.6 is 0 Å². The highest BCUT2D eigenvalue weighted by Crippen LogP contribution is 2.32. The highest BCUT2D eigenvalue weighted by Gasteiger charge is 2.24. The van der Waals surface area contributed by atoms with Crippen molar-refractivity contribution >= 4 is 22.5 Å². The number of H-pyrrole nitrogens is 1. The quantitative estimate of drug-likeness (QED) is 0.464. The van der Waals surface area contributed by atoms with E-state index >= 15 is 0 Å². The highest BCUT2D eigenvalue weighted by atomic mass is 19.3. The van der Waals surface area contributed by atoms with Gasteiger partial charge in [0.25, 0.3) is 6.43 Å². The normalized spacial score (nSPS) is 14.2. The second kappa shape index (κ2) is 7.77. The van der Waals surface area contributed by atoms with E-state index in [4.69, 9.17) is 0 Å². The molecule has 0 spiro atoms. The molecule has 0 fully saturated rings. The van der Waals surface area contributed by atoms with Gasteiger partial charge in [0.15, 0.2) is 0 Å². The van der Waals surface area contributed by atoms with Crippen LogP contribution in [0.4, 0.5) is 24.8 Å². The molecule has 1 unspecified atom stereocenters. The van der Waals surface area contributed by atoms with Crippen molar-refractivity contribution in [2.24, 2.45) is 0 Å². The number of fused-ring (bicyclic) bond motifs is 2. The Morgan fingerprint density at radius 3 is 2.75 bits per heavy atom. The monoisotopic (exact) mass is 439 g/mol. The number of nitrogens with zero attached hydrogens (tertiary/aromatic N) is 5. The number of anilines is 2. The van der Waals surface area contributed by atoms with Crippen LogP contribution in [0, 0.1) is 12.7 Å². The number of rotatable bonds is 5. The van der Waals surface area contributed by atoms with Gasteiger partial charge in [-0.3, -0.25) is 5.10 Å². The zero-order chi connectivity index (χ0) is 22.4. The van der Waals surface area contributed by atoms with Gasteiger partial charge in [0.2, 0.25) is 0 Å². The summed E-state index contributed by atoms with van der Waals surface area (Å²) in [5.74, 6) is 0.837. The Kier molecular flexibility index (Phi) is 4.91. The summed E-state index contributed by atoms with van der Waals surface area (Å²) in [4.78, 5) is 15.6. The molecular weight excluding hydrogens is 419 g/mol. The SMILES string of the molecule is Cc1nc(NC(C)c2cccc(C(F)F)c2F)c2cc(N3Cc4c[nH]nc4C3)ncc2n1. The Morgan fingerprint density at radius 1 is 1.16 bits per heavy atom. The van der Waals surface area contributed by atoms with Crippen LogP contribution in [0.2, 0.25) is 0 Å². The van der Waals surface area contributed by atoms with Gasteiger partial charge in [0.05, 0.1) is 35.6 Å². The molecule has 0 aliphatic carbocycles. The Bertz CT molecular complexity index is 1280. The molecule has 0 radical (unpaired) electrons. The van der Waals surface area contributed by atoms with Crippen molar-refractivity contribution < 1.29 is 13.2 Å². The van der Waals surface area contributed by atoms with Crippen molar-refractivity contribution in [3.8, 4) is 0 Å². The zero-order valence-corrected chi connectivity index (χ0v) is 17.4. The molecule has 2 N–H and O–H groups in total. The molecule has 4 aromatic rings. The minimum atomic E-state index is -2.88. The maximum absolute atomic E-state index is 14.7. The van der Waals surface area contributed by atoms with Crippen LogP contribution in [-0.4, -0.2) is 25.1 Å². The molecular formula is C22H20F3N7. The van der Waals surface area contributed by atoms with Gasteiger partial charge in [-0.1, -0.05) is 18.2 Å². The zero-order valence-electron chi connectivity index (χ0n) is 17.4. The van der Waals surface area contributed by atoms with Crippen molar-refractivity contribution in [1.82, 2.24) is 25.1 Å². The molecule has 0 saturated carbocycles. The summed E-state index contributed by atoms with van der Waals surface area (Å²) in [6.07, 6.45) is 0.669. The molecule has 0 bridgehead atoms. The summed E-state index contributed by atoms with van der Waals surface area (Å²) < 4.78 is 40.9. The van der Waals surface area contributed by atoms with Crippen molar-refractivity contribution in [3.05, 3.63) is 70.7 Å². The van der Waals surface area contributed by atoms with Gasteiger partial charge in [-0.2, -0.15) is 5.10 Å². The van der Waals surface area contributed by atoms with Gasteiger partial charge in [-0.15, -0.1) is 0 Å². The minimum Gasteiger partial charge on any atom is -0.363 e. The number of hydrogen-bond donors (Lipinski definition) is 2. The molecule has 5 rings (SSSR count). The van der Waals surface area contributed by atoms with E-state index in [1.54, 1.807) is 20.0 Å². The summed E-state index contributed by atoms with van der Waals surface area (Å²) in [6, 6.07) is 5.30. The fourth-order valence-electron chi connectivity index (χ4n) is 4.00. The first-order valence-electron chi connectivity index (χ1n) is 10.1. The third kappa shape index (κ3) is 3.51. The number of pyridine rings is 1. The summed E-state index contributed by atoms with van der Waals surface area (Å²) in [5.41, 5.74) is 2.26. The Balaban J connectivity index is 1.49. The van der Waals surface area contributed by atoms with Crippen molar-refractivity contribution in [2.45, 2.75) is 39.4 Å². The number of aromatic amines is 1. The lowest BCUT2D eigenvalue weighted by Gasteiger charge is -2.20. The van der Waals surface area contributed by atoms with Gasteiger partial charge < -0.3 is 10.2 Å². The molecule has 1 aliphatic rings. The largest absolute Gasteiger partial charge is 0.363 e. The lowest BCUT2D eigenvalue weighted by atomic mass is 10.0. The number of nitrogens with one attached hydrogen (secondary N) is 2. The summed E-state index contributed by atoms with van der Waals surface area (Å²) >= 11 is 0. The van der Waals surface area contributed by atoms with Crippen LogP contribution in [0.5, 0.6) is 0 Å². The molecule has 1 aliphatic heterocycles. The smallest absolute Gasteiger partial charge is 0.266 e. The topological polar surface area (TPSA) is 82.6 Å². The molecule has 164 valence electrons. The second-order valence-corrected chi connectivity index (χ2v) is 7.81. The second-order valence-electron chi connectivity index (χ2n) is 7.81. The van der Waals surface area contributed by atoms with Gasteiger partial charge in [0, 0.05) is 29.3 Å². The summed E-state index contributed by atoms with van der Waals surface area (Å²) in [7, 11) is 0. The first kappa shape index (κ1) is 20.2. The number of aromatic nitrogens is 5. The van der Waals surface area contributed by atoms with Crippen LogP contribution in [0.3, 0.4) is 0 Å². The Hall–Kier alpha value is -3.69. The summed E-state index contributed by atoms with van der Waals surface area (Å²) in [5, 5.41) is 11.0. The van der Waals surface area contributed by atoms with Gasteiger partial charge in [-0.25, -0.2) is 28.1 Å². The predicted molar refractivity (Wildman–Crippen MR) is 114 cm³/mol. The van der Waals surface area contributed by atoms with Crippen molar-refractivity contribution in [1.29, 1.82) is 0 Å². The van der Waals surface area contributed by atoms with E-state index < -0.39 is 23.8 Å². The standard InChI is InChI=1S/C22H20F3N7/c1-11(14-4-3-5-15(20(14)23)21(24)25)28-22-16-6-19(26-8-17(16)29-12(2)30-22)32-9-13-7-27-31-18(13)10-32/h3-8,11,21H,9-10H2,1-2H3,(H,27,31)(H,28,29,30). The molecule has 3 aromatic heterocycles. The van der Waals surface area contributed by atoms with Crippen molar-refractivity contribution in [2.75, 3.05) is 10.2 Å². The Morgan fingerprint density at radius 2 is 1.97 bits per heavy atom. The number of alkyl halides is 2. The molecule has 1 aromatic carbocycles. The fraction of sp³-hybridized carbons (Fsp3) is 0.273. The molecule has 10 heteroatoms. The van der Waals surface area contributed by atoms with E-state index in [0.717, 1.165) is 23.1 Å². The molecule has 0 saturated heterocycles. The predicted octanol–water partition coefficient (Wildman–Crippen LogP) is 4.83. The lowest BCUT2D eigenvalue weighted by Crippen LogP contribution is -2.17. The van der Waals surface area contributed by atoms with Gasteiger partial charge in [0.1, 0.15) is 23.3 Å². The third-order valence-electron chi connectivity index (χ3n) is 5.63. The van der Waals surface area contributed by atoms with Gasteiger partial charge >= 0.3 is 0 Å². The van der Waals surface area contributed by atoms with Crippen LogP contribution in [0.1, 0.15) is 47.6 Å². The van der Waals surface area contributed by atoms with Crippen LogP contribution in [0.25, 0.3) is 10.9 Å². The van der Waals surface area contributed by atoms with Crippen molar-refractivity contribution in [3.63, 3.8) is 0 Å². The molecule has 0 amide bonds. The highest BCUT2D eigenvalue weighted by molar-refractivity contribution is 5.90. The maximum atomic E-state index is 14.7. The van der Waals surface area contributed by atoms with Crippen LogP contribution < -0.4 is 10.2 Å². The first-order chi connectivity index (χ1) is 15.4. The minimum absolute atomic E-state index is 0.145. The van der Waals surface area contributed by atoms with Crippen LogP contribution in [-0.2, 0) is 13.1 Å². The molecule has 1 atom stereocenters. The van der Waals surface area contributed by atoms with E-state index in [1.165, 1.54) is 12.1 Å². The molecule has 7 nitrogen and oxygen atoms in total. The van der Waals surface area contributed by atoms with E-state index in [1.807, 2.05) is 12.3 Å². The Labute approximate surface area is 181 Å². The average Bonchev–Trinajstić information content (AvgIpc) is 3.35. The molecule has 4 heterocycles. The van der Waals surface area contributed by atoms with Crippen LogP contribution in [0.15, 0.2) is 36.7 Å². The number of aryl methyl sites for hydroxylation is 1. The van der Waals surface area contributed by atoms with E-state index in [9.17, 15) is 13.2 Å². The van der Waals surface area contributed by atoms with Gasteiger partial charge in [-0.05, 0) is 19.9 Å². The van der Waals surface area contributed by atoms with E-state index in [2.05, 4.69) is 35.4 Å². The fourth-order valence-corrected chi connectivity index (χ4v) is 4.00. The average molecular weight is 439 g/mol. The number of benzene rings is 1. The number of halogens is 3. The third-order valence-corrected chi connectivity index (χ3v) is 5.63. The first-order valence-corrected chi connectivity index (χ1v) is 10.1. The van der Waals surface area contributed by atoms with E-state index in [0.29, 0.717) is 35.6 Å². The lowest BCUT2D eigenvalue weighted by molar-refractivity contribution is 0.146. The summed E-state index contributed by atoms with van der Waals surface area (Å²) in [6.45, 7) is 4.77.